The van der Waals surface area contributed by atoms with Crippen LogP contribution >= 0.6 is 11.6 Å². The molecule has 1 saturated heterocycles. The van der Waals surface area contributed by atoms with Gasteiger partial charge in [-0.2, -0.15) is 4.68 Å². The molecule has 0 saturated carbocycles. The van der Waals surface area contributed by atoms with E-state index in [0.29, 0.717) is 41.1 Å². The van der Waals surface area contributed by atoms with E-state index in [1.165, 1.54) is 36.1 Å². The predicted molar refractivity (Wildman–Crippen MR) is 126 cm³/mol. The molecule has 0 aliphatic carbocycles. The van der Waals surface area contributed by atoms with Crippen LogP contribution in [-0.4, -0.2) is 35.9 Å². The maximum absolute atomic E-state index is 13.6. The third kappa shape index (κ3) is 5.01. The minimum atomic E-state index is -0.450. The third-order valence-electron chi connectivity index (χ3n) is 5.69. The predicted octanol–water partition coefficient (Wildman–Crippen LogP) is 4.20. The van der Waals surface area contributed by atoms with E-state index in [1.54, 1.807) is 24.3 Å². The Hall–Kier alpha value is -3.39. The largest absolute Gasteiger partial charge is 0.495 e. The van der Waals surface area contributed by atoms with Crippen LogP contribution in [0.5, 0.6) is 5.75 Å². The van der Waals surface area contributed by atoms with Crippen molar-refractivity contribution < 1.29 is 13.9 Å². The van der Waals surface area contributed by atoms with Gasteiger partial charge in [-0.05, 0) is 55.7 Å². The molecule has 1 amide bonds. The van der Waals surface area contributed by atoms with Crippen molar-refractivity contribution in [2.24, 2.45) is 5.92 Å². The lowest BCUT2D eigenvalue weighted by Crippen LogP contribution is -2.41. The van der Waals surface area contributed by atoms with Crippen molar-refractivity contribution in [3.63, 3.8) is 0 Å². The number of ether oxygens (including phenoxy) is 1. The molecule has 9 heteroatoms. The summed E-state index contributed by atoms with van der Waals surface area (Å²) in [5.74, 6) is 0.190. The monoisotopic (exact) mass is 470 g/mol. The molecule has 1 aliphatic heterocycles. The van der Waals surface area contributed by atoms with Crippen molar-refractivity contribution in [1.29, 1.82) is 0 Å². The number of piperidine rings is 1. The molecule has 1 N–H and O–H groups in total. The number of aromatic nitrogens is 2. The molecule has 4 rings (SSSR count). The summed E-state index contributed by atoms with van der Waals surface area (Å²) in [6.45, 7) is 3.00. The fraction of sp³-hybridized carbons (Fsp3) is 0.292. The molecule has 0 unspecified atom stereocenters. The van der Waals surface area contributed by atoms with Crippen LogP contribution in [-0.2, 0) is 4.79 Å². The van der Waals surface area contributed by atoms with Crippen molar-refractivity contribution in [3.05, 3.63) is 75.3 Å². The van der Waals surface area contributed by atoms with Gasteiger partial charge < -0.3 is 15.0 Å². The summed E-state index contributed by atoms with van der Waals surface area (Å²) < 4.78 is 20.2. The maximum atomic E-state index is 13.6. The molecular formula is C24H24ClFN4O3. The van der Waals surface area contributed by atoms with E-state index in [4.69, 9.17) is 16.3 Å². The first-order chi connectivity index (χ1) is 15.9. The van der Waals surface area contributed by atoms with Crippen molar-refractivity contribution in [3.8, 4) is 11.4 Å². The van der Waals surface area contributed by atoms with Crippen LogP contribution in [0.3, 0.4) is 0 Å². The molecule has 1 aliphatic rings. The SMILES string of the molecule is COc1cc(Cl)c(C)cc1NC(=O)[C@H]1CCCN(c2ccc(=O)n(-c3cccc(F)c3)n2)C1. The standard InChI is InChI=1S/C24H24ClFN4O3/c1-15-11-20(21(33-2)13-19(15)25)27-24(32)16-5-4-10-29(14-16)22-8-9-23(31)30(28-22)18-7-3-6-17(26)12-18/h3,6-9,11-13,16H,4-5,10,14H2,1-2H3,(H,27,32)/t16-/m0/s1. The number of carbonyl (C=O) groups is 1. The number of hydrogen-bond acceptors (Lipinski definition) is 5. The van der Waals surface area contributed by atoms with Gasteiger partial charge in [-0.1, -0.05) is 17.7 Å². The number of nitrogens with zero attached hydrogens (tertiary/aromatic N) is 3. The molecule has 2 heterocycles. The molecule has 33 heavy (non-hydrogen) atoms. The minimum Gasteiger partial charge on any atom is -0.495 e. The van der Waals surface area contributed by atoms with Crippen LogP contribution in [0.25, 0.3) is 5.69 Å². The number of nitrogens with one attached hydrogen (secondary N) is 1. The van der Waals surface area contributed by atoms with Crippen LogP contribution in [0.4, 0.5) is 15.9 Å². The Balaban J connectivity index is 1.53. The van der Waals surface area contributed by atoms with Gasteiger partial charge in [0, 0.05) is 30.2 Å². The fourth-order valence-electron chi connectivity index (χ4n) is 3.93. The second kappa shape index (κ2) is 9.62. The number of anilines is 2. The van der Waals surface area contributed by atoms with E-state index in [2.05, 4.69) is 10.4 Å². The number of halogens is 2. The summed E-state index contributed by atoms with van der Waals surface area (Å²) >= 11 is 6.16. The molecule has 3 aromatic rings. The average Bonchev–Trinajstić information content (AvgIpc) is 2.81. The van der Waals surface area contributed by atoms with Crippen molar-refractivity contribution in [2.45, 2.75) is 19.8 Å². The van der Waals surface area contributed by atoms with Gasteiger partial charge in [-0.3, -0.25) is 9.59 Å². The lowest BCUT2D eigenvalue weighted by atomic mass is 9.97. The second-order valence-electron chi connectivity index (χ2n) is 8.00. The number of methoxy groups -OCH3 is 1. The summed E-state index contributed by atoms with van der Waals surface area (Å²) in [7, 11) is 1.53. The highest BCUT2D eigenvalue weighted by Gasteiger charge is 2.27. The Morgan fingerprint density at radius 2 is 2.06 bits per heavy atom. The molecule has 1 atom stereocenters. The third-order valence-corrected chi connectivity index (χ3v) is 6.10. The van der Waals surface area contributed by atoms with Gasteiger partial charge in [0.1, 0.15) is 17.4 Å². The van der Waals surface area contributed by atoms with E-state index in [-0.39, 0.29) is 17.4 Å². The van der Waals surface area contributed by atoms with E-state index in [0.717, 1.165) is 18.4 Å². The molecular weight excluding hydrogens is 447 g/mol. The van der Waals surface area contributed by atoms with Gasteiger partial charge in [0.15, 0.2) is 0 Å². The quantitative estimate of drug-likeness (QED) is 0.605. The Labute approximate surface area is 195 Å². The number of benzene rings is 2. The summed E-state index contributed by atoms with van der Waals surface area (Å²) in [5.41, 5.74) is 1.39. The number of rotatable bonds is 5. The Morgan fingerprint density at radius 3 is 2.82 bits per heavy atom. The maximum Gasteiger partial charge on any atom is 0.271 e. The Morgan fingerprint density at radius 1 is 1.24 bits per heavy atom. The van der Waals surface area contributed by atoms with Crippen LogP contribution in [0, 0.1) is 18.7 Å². The summed E-state index contributed by atoms with van der Waals surface area (Å²) in [4.78, 5) is 27.3. The number of hydrogen-bond donors (Lipinski definition) is 1. The Kier molecular flexibility index (Phi) is 6.65. The highest BCUT2D eigenvalue weighted by atomic mass is 35.5. The topological polar surface area (TPSA) is 76.5 Å². The average molecular weight is 471 g/mol. The zero-order chi connectivity index (χ0) is 23.5. The highest BCUT2D eigenvalue weighted by Crippen LogP contribution is 2.32. The van der Waals surface area contributed by atoms with Gasteiger partial charge in [0.05, 0.1) is 24.4 Å². The second-order valence-corrected chi connectivity index (χ2v) is 8.40. The van der Waals surface area contributed by atoms with Crippen LogP contribution in [0.15, 0.2) is 53.3 Å². The summed E-state index contributed by atoms with van der Waals surface area (Å²) in [6, 6.07) is 12.2. The molecule has 0 bridgehead atoms. The van der Waals surface area contributed by atoms with Gasteiger partial charge in [-0.15, -0.1) is 5.10 Å². The summed E-state index contributed by atoms with van der Waals surface area (Å²) in [5, 5.41) is 7.95. The van der Waals surface area contributed by atoms with Crippen molar-refractivity contribution in [2.75, 3.05) is 30.4 Å². The van der Waals surface area contributed by atoms with Gasteiger partial charge in [0.25, 0.3) is 5.56 Å². The number of aryl methyl sites for hydroxylation is 1. The normalized spacial score (nSPS) is 15.9. The van der Waals surface area contributed by atoms with Gasteiger partial charge in [-0.25, -0.2) is 4.39 Å². The molecule has 2 aromatic carbocycles. The van der Waals surface area contributed by atoms with Gasteiger partial charge in [0.2, 0.25) is 5.91 Å². The van der Waals surface area contributed by atoms with Crippen molar-refractivity contribution in [1.82, 2.24) is 9.78 Å². The zero-order valence-electron chi connectivity index (χ0n) is 18.3. The molecule has 0 spiro atoms. The fourth-order valence-corrected chi connectivity index (χ4v) is 4.08. The van der Waals surface area contributed by atoms with E-state index >= 15 is 0 Å². The minimum absolute atomic E-state index is 0.127. The first-order valence-electron chi connectivity index (χ1n) is 10.6. The molecule has 1 fully saturated rings. The molecule has 0 radical (unpaired) electrons. The van der Waals surface area contributed by atoms with E-state index < -0.39 is 5.82 Å². The first kappa shape index (κ1) is 22.8. The van der Waals surface area contributed by atoms with Crippen LogP contribution in [0.1, 0.15) is 18.4 Å². The molecule has 1 aromatic heterocycles. The molecule has 7 nitrogen and oxygen atoms in total. The highest BCUT2D eigenvalue weighted by molar-refractivity contribution is 6.31. The number of carbonyl (C=O) groups excluding carboxylic acids is 1. The lowest BCUT2D eigenvalue weighted by molar-refractivity contribution is -0.120. The van der Waals surface area contributed by atoms with E-state index in [1.807, 2.05) is 11.8 Å². The lowest BCUT2D eigenvalue weighted by Gasteiger charge is -2.33. The van der Waals surface area contributed by atoms with E-state index in [9.17, 15) is 14.0 Å². The Bertz CT molecular complexity index is 1250. The smallest absolute Gasteiger partial charge is 0.271 e. The van der Waals surface area contributed by atoms with Crippen LogP contribution in [0.2, 0.25) is 5.02 Å². The summed E-state index contributed by atoms with van der Waals surface area (Å²) in [6.07, 6.45) is 1.51. The van der Waals surface area contributed by atoms with Gasteiger partial charge >= 0.3 is 0 Å². The molecule has 172 valence electrons. The first-order valence-corrected chi connectivity index (χ1v) is 11.0. The number of amides is 1. The van der Waals surface area contributed by atoms with Crippen molar-refractivity contribution >= 4 is 29.0 Å². The van der Waals surface area contributed by atoms with Crippen LogP contribution < -0.4 is 20.5 Å². The zero-order valence-corrected chi connectivity index (χ0v) is 19.1.